The van der Waals surface area contributed by atoms with Crippen LogP contribution in [0.15, 0.2) is 66.7 Å². The van der Waals surface area contributed by atoms with E-state index >= 15 is 0 Å². The third-order valence-electron chi connectivity index (χ3n) is 7.97. The van der Waals surface area contributed by atoms with E-state index in [-0.39, 0.29) is 35.4 Å². The highest BCUT2D eigenvalue weighted by Crippen LogP contribution is 2.34. The monoisotopic (exact) mass is 590 g/mol. The van der Waals surface area contributed by atoms with Gasteiger partial charge in [0, 0.05) is 49.3 Å². The number of amides is 5. The van der Waals surface area contributed by atoms with Gasteiger partial charge >= 0.3 is 5.97 Å². The van der Waals surface area contributed by atoms with E-state index in [0.717, 1.165) is 4.90 Å². The Morgan fingerprint density at radius 2 is 1.39 bits per heavy atom. The Balaban J connectivity index is 1.10. The molecule has 0 spiro atoms. The van der Waals surface area contributed by atoms with Crippen LogP contribution in [-0.4, -0.2) is 82.6 Å². The molecule has 0 bridgehead atoms. The van der Waals surface area contributed by atoms with Crippen LogP contribution in [0.1, 0.15) is 65.4 Å². The van der Waals surface area contributed by atoms with Gasteiger partial charge in [0.15, 0.2) is 0 Å². The van der Waals surface area contributed by atoms with Gasteiger partial charge in [-0.05, 0) is 67.1 Å². The highest BCUT2D eigenvalue weighted by molar-refractivity contribution is 6.25. The van der Waals surface area contributed by atoms with Crippen LogP contribution in [0.3, 0.4) is 0 Å². The van der Waals surface area contributed by atoms with Gasteiger partial charge in [-0.3, -0.25) is 34.2 Å². The summed E-state index contributed by atoms with van der Waals surface area (Å²) in [4.78, 5) is 79.5. The minimum absolute atomic E-state index is 0.0490. The standard InChI is InChI=1S/C33H26N4O7/c38-27-15-14-26(29(39)34-27)37-31(41)24-2-1-3-25(28(24)32(37)42)35-16-18-36(19-17-35)30(40)22-10-6-20(7-11-22)4-5-21-8-12-23(13-9-21)33(43)44/h1-3,6-13,26H,14-19H2,(H,43,44)(H,34,38,39). The Morgan fingerprint density at radius 3 is 1.98 bits per heavy atom. The van der Waals surface area contributed by atoms with Crippen molar-refractivity contribution in [3.8, 4) is 11.8 Å². The number of carbonyl (C=O) groups is 6. The summed E-state index contributed by atoms with van der Waals surface area (Å²) in [6, 6.07) is 17.2. The summed E-state index contributed by atoms with van der Waals surface area (Å²) in [7, 11) is 0. The van der Waals surface area contributed by atoms with E-state index in [4.69, 9.17) is 5.11 Å². The largest absolute Gasteiger partial charge is 0.478 e. The molecule has 0 aromatic heterocycles. The second-order valence-corrected chi connectivity index (χ2v) is 10.6. The first-order valence-corrected chi connectivity index (χ1v) is 14.1. The molecule has 11 heteroatoms. The number of nitrogens with one attached hydrogen (secondary N) is 1. The molecule has 2 saturated heterocycles. The number of piperazine rings is 1. The van der Waals surface area contributed by atoms with Crippen molar-refractivity contribution < 1.29 is 33.9 Å². The molecule has 3 aromatic rings. The number of benzene rings is 3. The summed E-state index contributed by atoms with van der Waals surface area (Å²) in [5.41, 5.74) is 3.10. The van der Waals surface area contributed by atoms with Crippen LogP contribution in [-0.2, 0) is 9.59 Å². The zero-order valence-electron chi connectivity index (χ0n) is 23.4. The molecule has 0 radical (unpaired) electrons. The summed E-state index contributed by atoms with van der Waals surface area (Å²) in [5.74, 6) is 2.66. The normalized spacial score (nSPS) is 18.0. The molecule has 1 unspecified atom stereocenters. The lowest BCUT2D eigenvalue weighted by Gasteiger charge is -2.36. The van der Waals surface area contributed by atoms with Crippen molar-refractivity contribution in [1.29, 1.82) is 0 Å². The number of carboxylic acids is 1. The fraction of sp³-hybridized carbons (Fsp3) is 0.212. The third kappa shape index (κ3) is 5.29. The Bertz CT molecular complexity index is 1780. The zero-order chi connectivity index (χ0) is 31.0. The van der Waals surface area contributed by atoms with E-state index < -0.39 is 35.6 Å². The minimum Gasteiger partial charge on any atom is -0.478 e. The fourth-order valence-electron chi connectivity index (χ4n) is 5.63. The quantitative estimate of drug-likeness (QED) is 0.348. The molecule has 220 valence electrons. The number of nitrogens with zero attached hydrogens (tertiary/aromatic N) is 3. The number of piperidine rings is 1. The van der Waals surface area contributed by atoms with E-state index in [1.165, 1.54) is 12.1 Å². The van der Waals surface area contributed by atoms with Crippen molar-refractivity contribution in [3.63, 3.8) is 0 Å². The molecule has 11 nitrogen and oxygen atoms in total. The summed E-state index contributed by atoms with van der Waals surface area (Å²) >= 11 is 0. The fourth-order valence-corrected chi connectivity index (χ4v) is 5.63. The van der Waals surface area contributed by atoms with Crippen LogP contribution in [0.4, 0.5) is 5.69 Å². The van der Waals surface area contributed by atoms with Gasteiger partial charge in [0.2, 0.25) is 11.8 Å². The molecule has 2 N–H and O–H groups in total. The maximum atomic E-state index is 13.5. The molecule has 2 fully saturated rings. The Labute approximate surface area is 252 Å². The molecule has 3 aliphatic heterocycles. The average Bonchev–Trinajstić information content (AvgIpc) is 3.29. The van der Waals surface area contributed by atoms with Crippen LogP contribution in [0, 0.1) is 11.8 Å². The van der Waals surface area contributed by atoms with Crippen molar-refractivity contribution >= 4 is 41.2 Å². The van der Waals surface area contributed by atoms with Crippen molar-refractivity contribution in [1.82, 2.24) is 15.1 Å². The molecule has 0 saturated carbocycles. The summed E-state index contributed by atoms with van der Waals surface area (Å²) in [6.45, 7) is 1.67. The van der Waals surface area contributed by atoms with Gasteiger partial charge in [-0.25, -0.2) is 4.79 Å². The SMILES string of the molecule is O=C1CCC(N2C(=O)c3cccc(N4CCN(C(=O)c5ccc(C#Cc6ccc(C(=O)O)cc6)cc5)CC4)c3C2=O)C(=O)N1. The predicted molar refractivity (Wildman–Crippen MR) is 157 cm³/mol. The molecular formula is C33H26N4O7. The van der Waals surface area contributed by atoms with E-state index in [1.54, 1.807) is 59.5 Å². The number of carbonyl (C=O) groups excluding carboxylic acids is 5. The number of aromatic carboxylic acids is 1. The van der Waals surface area contributed by atoms with Crippen LogP contribution in [0.5, 0.6) is 0 Å². The van der Waals surface area contributed by atoms with E-state index in [2.05, 4.69) is 17.2 Å². The predicted octanol–water partition coefficient (Wildman–Crippen LogP) is 2.15. The number of rotatable bonds is 4. The molecule has 3 heterocycles. The van der Waals surface area contributed by atoms with Crippen LogP contribution in [0.2, 0.25) is 0 Å². The van der Waals surface area contributed by atoms with Crippen LogP contribution < -0.4 is 10.2 Å². The number of hydrogen-bond acceptors (Lipinski definition) is 7. The Kier molecular flexibility index (Phi) is 7.41. The van der Waals surface area contributed by atoms with E-state index in [9.17, 15) is 28.8 Å². The number of carboxylic acid groups (broad SMARTS) is 1. The van der Waals surface area contributed by atoms with Gasteiger partial charge in [0.1, 0.15) is 6.04 Å². The molecule has 3 aromatic carbocycles. The molecule has 1 atom stereocenters. The first-order chi connectivity index (χ1) is 21.2. The summed E-state index contributed by atoms with van der Waals surface area (Å²) < 4.78 is 0. The van der Waals surface area contributed by atoms with Crippen LogP contribution in [0.25, 0.3) is 0 Å². The van der Waals surface area contributed by atoms with Gasteiger partial charge in [-0.1, -0.05) is 17.9 Å². The number of imide groups is 2. The first-order valence-electron chi connectivity index (χ1n) is 14.1. The maximum Gasteiger partial charge on any atom is 0.335 e. The topological polar surface area (TPSA) is 144 Å². The minimum atomic E-state index is -1.04. The number of fused-ring (bicyclic) bond motifs is 1. The second kappa shape index (κ2) is 11.5. The number of hydrogen-bond donors (Lipinski definition) is 2. The smallest absolute Gasteiger partial charge is 0.335 e. The van der Waals surface area contributed by atoms with E-state index in [0.29, 0.717) is 48.6 Å². The first kappa shape index (κ1) is 28.4. The van der Waals surface area contributed by atoms with Gasteiger partial charge < -0.3 is 14.9 Å². The Hall–Kier alpha value is -5.76. The van der Waals surface area contributed by atoms with Gasteiger partial charge in [-0.2, -0.15) is 0 Å². The summed E-state index contributed by atoms with van der Waals surface area (Å²) in [5, 5.41) is 11.2. The van der Waals surface area contributed by atoms with Gasteiger partial charge in [0.25, 0.3) is 17.7 Å². The average molecular weight is 591 g/mol. The molecule has 3 aliphatic rings. The second-order valence-electron chi connectivity index (χ2n) is 10.6. The van der Waals surface area contributed by atoms with Gasteiger partial charge in [-0.15, -0.1) is 0 Å². The Morgan fingerprint density at radius 1 is 0.773 bits per heavy atom. The molecule has 5 amide bonds. The lowest BCUT2D eigenvalue weighted by molar-refractivity contribution is -0.136. The third-order valence-corrected chi connectivity index (χ3v) is 7.97. The zero-order valence-corrected chi connectivity index (χ0v) is 23.4. The molecule has 44 heavy (non-hydrogen) atoms. The van der Waals surface area contributed by atoms with Crippen molar-refractivity contribution in [2.75, 3.05) is 31.1 Å². The lowest BCUT2D eigenvalue weighted by Crippen LogP contribution is -2.54. The number of anilines is 1. The van der Waals surface area contributed by atoms with Gasteiger partial charge in [0.05, 0.1) is 22.4 Å². The van der Waals surface area contributed by atoms with Crippen molar-refractivity contribution in [2.45, 2.75) is 18.9 Å². The summed E-state index contributed by atoms with van der Waals surface area (Å²) in [6.07, 6.45) is 0.134. The molecular weight excluding hydrogens is 564 g/mol. The van der Waals surface area contributed by atoms with E-state index in [1.807, 2.05) is 4.90 Å². The molecule has 0 aliphatic carbocycles. The highest BCUT2D eigenvalue weighted by Gasteiger charge is 2.46. The van der Waals surface area contributed by atoms with Crippen molar-refractivity contribution in [3.05, 3.63) is 100 Å². The molecule has 6 rings (SSSR count). The lowest BCUT2D eigenvalue weighted by atomic mass is 10.0. The van der Waals surface area contributed by atoms with Crippen molar-refractivity contribution in [2.24, 2.45) is 0 Å². The highest BCUT2D eigenvalue weighted by atomic mass is 16.4. The maximum absolute atomic E-state index is 13.5. The van der Waals surface area contributed by atoms with Crippen LogP contribution >= 0.6 is 0 Å².